The van der Waals surface area contributed by atoms with Crippen LogP contribution < -0.4 is 5.73 Å². The second kappa shape index (κ2) is 4.89. The topological polar surface area (TPSA) is 66.6 Å². The molecule has 0 saturated carbocycles. The van der Waals surface area contributed by atoms with Crippen molar-refractivity contribution in [3.8, 4) is 5.75 Å². The van der Waals surface area contributed by atoms with E-state index in [1.165, 1.54) is 17.0 Å². The molecule has 4 nitrogen and oxygen atoms in total. The first-order valence-corrected chi connectivity index (χ1v) is 6.01. The first-order chi connectivity index (χ1) is 8.52. The Labute approximate surface area is 109 Å². The number of amides is 1. The van der Waals surface area contributed by atoms with E-state index in [0.29, 0.717) is 13.0 Å². The first-order valence-electron chi connectivity index (χ1n) is 5.60. The Balaban J connectivity index is 2.34. The number of carbonyl (C=O) groups excluding carboxylic acids is 1. The van der Waals surface area contributed by atoms with Gasteiger partial charge in [0.1, 0.15) is 17.1 Å². The van der Waals surface area contributed by atoms with Gasteiger partial charge in [0, 0.05) is 6.54 Å². The summed E-state index contributed by atoms with van der Waals surface area (Å²) in [6.45, 7) is 0.467. The van der Waals surface area contributed by atoms with E-state index < -0.39 is 11.7 Å². The van der Waals surface area contributed by atoms with E-state index in [9.17, 15) is 14.3 Å². The molecule has 1 fully saturated rings. The van der Waals surface area contributed by atoms with E-state index in [0.717, 1.165) is 12.5 Å². The molecule has 18 heavy (non-hydrogen) atoms. The molecule has 1 heterocycles. The third-order valence-corrected chi connectivity index (χ3v) is 3.32. The van der Waals surface area contributed by atoms with Crippen LogP contribution in [0.1, 0.15) is 23.2 Å². The minimum Gasteiger partial charge on any atom is -0.507 e. The normalized spacial score (nSPS) is 18.9. The highest BCUT2D eigenvalue weighted by Gasteiger charge is 2.33. The maximum Gasteiger partial charge on any atom is 0.261 e. The third kappa shape index (κ3) is 2.15. The fourth-order valence-corrected chi connectivity index (χ4v) is 2.42. The third-order valence-electron chi connectivity index (χ3n) is 3.05. The SMILES string of the molecule is NC(=S)C1CCCN1C(=O)c1c(O)cccc1F. The number of hydrogen-bond donors (Lipinski definition) is 2. The Hall–Kier alpha value is -1.69. The van der Waals surface area contributed by atoms with Crippen molar-refractivity contribution in [2.75, 3.05) is 6.54 Å². The number of nitrogens with zero attached hydrogens (tertiary/aromatic N) is 1. The molecule has 0 spiro atoms. The second-order valence-corrected chi connectivity index (χ2v) is 4.66. The molecule has 1 atom stereocenters. The van der Waals surface area contributed by atoms with Gasteiger partial charge in [-0.05, 0) is 25.0 Å². The molecule has 1 aliphatic heterocycles. The molecule has 1 saturated heterocycles. The predicted molar refractivity (Wildman–Crippen MR) is 68.9 cm³/mol. The Bertz CT molecular complexity index is 487. The molecular weight excluding hydrogens is 255 g/mol. The number of benzene rings is 1. The number of thiocarbonyl (C=S) groups is 1. The summed E-state index contributed by atoms with van der Waals surface area (Å²) < 4.78 is 13.6. The Morgan fingerprint density at radius 3 is 2.89 bits per heavy atom. The van der Waals surface area contributed by atoms with Gasteiger partial charge in [0.05, 0.1) is 11.0 Å². The largest absolute Gasteiger partial charge is 0.507 e. The molecule has 0 aromatic heterocycles. The van der Waals surface area contributed by atoms with E-state index in [4.69, 9.17) is 18.0 Å². The molecule has 3 N–H and O–H groups in total. The zero-order valence-corrected chi connectivity index (χ0v) is 10.4. The lowest BCUT2D eigenvalue weighted by molar-refractivity contribution is 0.0762. The highest BCUT2D eigenvalue weighted by atomic mass is 32.1. The zero-order chi connectivity index (χ0) is 13.3. The summed E-state index contributed by atoms with van der Waals surface area (Å²) >= 11 is 4.89. The number of aromatic hydroxyl groups is 1. The van der Waals surface area contributed by atoms with Crippen LogP contribution in [0, 0.1) is 5.82 Å². The molecule has 1 aliphatic rings. The van der Waals surface area contributed by atoms with Crippen LogP contribution in [0.25, 0.3) is 0 Å². The smallest absolute Gasteiger partial charge is 0.261 e. The molecular formula is C12H13FN2O2S. The van der Waals surface area contributed by atoms with Crippen LogP contribution in [0.5, 0.6) is 5.75 Å². The lowest BCUT2D eigenvalue weighted by Crippen LogP contribution is -2.43. The minimum atomic E-state index is -0.742. The number of phenols is 1. The number of hydrogen-bond acceptors (Lipinski definition) is 3. The molecule has 1 unspecified atom stereocenters. The van der Waals surface area contributed by atoms with Gasteiger partial charge >= 0.3 is 0 Å². The summed E-state index contributed by atoms with van der Waals surface area (Å²) in [6.07, 6.45) is 1.44. The van der Waals surface area contributed by atoms with Crippen LogP contribution in [-0.2, 0) is 0 Å². The van der Waals surface area contributed by atoms with Crippen molar-refractivity contribution in [2.24, 2.45) is 5.73 Å². The number of likely N-dealkylation sites (tertiary alicyclic amines) is 1. The fraction of sp³-hybridized carbons (Fsp3) is 0.333. The van der Waals surface area contributed by atoms with E-state index in [1.54, 1.807) is 0 Å². The number of rotatable bonds is 2. The van der Waals surface area contributed by atoms with Crippen LogP contribution in [0.15, 0.2) is 18.2 Å². The van der Waals surface area contributed by atoms with E-state index in [1.807, 2.05) is 0 Å². The molecule has 1 aromatic rings. The summed E-state index contributed by atoms with van der Waals surface area (Å²) in [4.78, 5) is 13.9. The Kier molecular flexibility index (Phi) is 3.47. The zero-order valence-electron chi connectivity index (χ0n) is 9.60. The van der Waals surface area contributed by atoms with Crippen molar-refractivity contribution >= 4 is 23.1 Å². The summed E-state index contributed by atoms with van der Waals surface area (Å²) in [5, 5.41) is 9.60. The van der Waals surface area contributed by atoms with Gasteiger partial charge in [-0.1, -0.05) is 18.3 Å². The van der Waals surface area contributed by atoms with Gasteiger partial charge in [0.2, 0.25) is 0 Å². The van der Waals surface area contributed by atoms with Crippen LogP contribution in [0.3, 0.4) is 0 Å². The molecule has 0 bridgehead atoms. The number of halogens is 1. The van der Waals surface area contributed by atoms with Gasteiger partial charge in [-0.25, -0.2) is 4.39 Å². The van der Waals surface area contributed by atoms with Gasteiger partial charge in [0.15, 0.2) is 0 Å². The maximum absolute atomic E-state index is 13.6. The van der Waals surface area contributed by atoms with Crippen LogP contribution >= 0.6 is 12.2 Å². The lowest BCUT2D eigenvalue weighted by atomic mass is 10.1. The highest BCUT2D eigenvalue weighted by Crippen LogP contribution is 2.26. The van der Waals surface area contributed by atoms with Crippen molar-refractivity contribution in [3.63, 3.8) is 0 Å². The van der Waals surface area contributed by atoms with Crippen molar-refractivity contribution in [1.82, 2.24) is 4.90 Å². The molecule has 2 rings (SSSR count). The lowest BCUT2D eigenvalue weighted by Gasteiger charge is -2.24. The minimum absolute atomic E-state index is 0.219. The number of nitrogens with two attached hydrogens (primary N) is 1. The quantitative estimate of drug-likeness (QED) is 0.796. The van der Waals surface area contributed by atoms with Crippen LogP contribution in [-0.4, -0.2) is 33.5 Å². The second-order valence-electron chi connectivity index (χ2n) is 4.19. The van der Waals surface area contributed by atoms with E-state index in [2.05, 4.69) is 0 Å². The van der Waals surface area contributed by atoms with Gasteiger partial charge < -0.3 is 15.7 Å². The van der Waals surface area contributed by atoms with Gasteiger partial charge in [0.25, 0.3) is 5.91 Å². The maximum atomic E-state index is 13.6. The van der Waals surface area contributed by atoms with Crippen LogP contribution in [0.4, 0.5) is 4.39 Å². The first kappa shape index (κ1) is 12.8. The molecule has 96 valence electrons. The van der Waals surface area contributed by atoms with Gasteiger partial charge in [-0.3, -0.25) is 4.79 Å². The Morgan fingerprint density at radius 2 is 2.28 bits per heavy atom. The highest BCUT2D eigenvalue weighted by molar-refractivity contribution is 7.80. The average molecular weight is 268 g/mol. The van der Waals surface area contributed by atoms with Crippen LogP contribution in [0.2, 0.25) is 0 Å². The average Bonchev–Trinajstić information content (AvgIpc) is 2.77. The van der Waals surface area contributed by atoms with Crippen molar-refractivity contribution in [3.05, 3.63) is 29.6 Å². The number of phenolic OH excluding ortho intramolecular Hbond substituents is 1. The Morgan fingerprint density at radius 1 is 1.56 bits per heavy atom. The predicted octanol–water partition coefficient (Wildman–Crippen LogP) is 1.42. The van der Waals surface area contributed by atoms with Crippen molar-refractivity contribution in [2.45, 2.75) is 18.9 Å². The van der Waals surface area contributed by atoms with E-state index >= 15 is 0 Å². The molecule has 6 heteroatoms. The van der Waals surface area contributed by atoms with Gasteiger partial charge in [-0.15, -0.1) is 0 Å². The summed E-state index contributed by atoms with van der Waals surface area (Å²) in [7, 11) is 0. The monoisotopic (exact) mass is 268 g/mol. The standard InChI is InChI=1S/C12H13FN2O2S/c13-7-3-1-5-9(16)10(7)12(17)15-6-2-4-8(15)11(14)18/h1,3,5,8,16H,2,4,6H2,(H2,14,18). The number of carbonyl (C=O) groups is 1. The molecule has 1 aromatic carbocycles. The van der Waals surface area contributed by atoms with E-state index in [-0.39, 0.29) is 22.3 Å². The molecule has 0 radical (unpaired) electrons. The fourth-order valence-electron chi connectivity index (χ4n) is 2.17. The summed E-state index contributed by atoms with van der Waals surface area (Å²) in [5.74, 6) is -1.68. The molecule has 0 aliphatic carbocycles. The van der Waals surface area contributed by atoms with Crippen molar-refractivity contribution in [1.29, 1.82) is 0 Å². The van der Waals surface area contributed by atoms with Gasteiger partial charge in [-0.2, -0.15) is 0 Å². The molecule has 1 amide bonds. The van der Waals surface area contributed by atoms with Crippen molar-refractivity contribution < 1.29 is 14.3 Å². The summed E-state index contributed by atoms with van der Waals surface area (Å²) in [6, 6.07) is 3.41. The summed E-state index contributed by atoms with van der Waals surface area (Å²) in [5.41, 5.74) is 5.24.